The van der Waals surface area contributed by atoms with Crippen molar-refractivity contribution in [3.05, 3.63) is 52.4 Å². The van der Waals surface area contributed by atoms with Crippen molar-refractivity contribution in [3.63, 3.8) is 0 Å². The summed E-state index contributed by atoms with van der Waals surface area (Å²) in [4.78, 5) is 38.5. The standard InChI is InChI=1S/C36H71N9O14Si6/c1-28-25-31(4)43(40-28)34(46)37-19-16-22-63(50-8,51-9)58-62(15,49-7)56-60(13)55-61(14)57-65(54-12,24-18-21-39-36(48)45-33(6)27-30(3)42-45)59-64(52-10,53-11)23-17-20-38-35(47)44-32(5)26-29(2)41-44/h25-27,60-61H,16-24H2,1-15H3,(H,37,46)(H,38,47)(H,39,48). The normalized spacial score (nSPS) is 15.0. The summed E-state index contributed by atoms with van der Waals surface area (Å²) in [6.45, 7) is 17.2. The van der Waals surface area contributed by atoms with Crippen LogP contribution in [0.3, 0.4) is 0 Å². The zero-order valence-corrected chi connectivity index (χ0v) is 47.0. The number of rotatable bonds is 28. The number of carbonyl (C=O) groups is 3. The summed E-state index contributed by atoms with van der Waals surface area (Å²) in [5.74, 6) is 0. The van der Waals surface area contributed by atoms with Gasteiger partial charge in [0.1, 0.15) is 0 Å². The highest BCUT2D eigenvalue weighted by Gasteiger charge is 2.54. The summed E-state index contributed by atoms with van der Waals surface area (Å²) in [6, 6.07) is 5.36. The van der Waals surface area contributed by atoms with E-state index in [4.69, 9.17) is 47.1 Å². The minimum absolute atomic E-state index is 0.260. The Morgan fingerprint density at radius 3 is 1.15 bits per heavy atom. The van der Waals surface area contributed by atoms with E-state index >= 15 is 0 Å². The first-order valence-electron chi connectivity index (χ1n) is 21.3. The van der Waals surface area contributed by atoms with Crippen LogP contribution in [0.2, 0.25) is 37.8 Å². The quantitative estimate of drug-likeness (QED) is 0.0697. The van der Waals surface area contributed by atoms with E-state index in [-0.39, 0.29) is 30.7 Å². The van der Waals surface area contributed by atoms with Crippen LogP contribution in [0, 0.1) is 41.5 Å². The lowest BCUT2D eigenvalue weighted by atomic mass is 10.4. The average molecular weight is 1020 g/mol. The van der Waals surface area contributed by atoms with Crippen LogP contribution in [-0.4, -0.2) is 164 Å². The number of nitrogens with zero attached hydrogens (tertiary/aromatic N) is 6. The molecule has 4 atom stereocenters. The molecule has 368 valence electrons. The van der Waals surface area contributed by atoms with E-state index in [1.165, 1.54) is 56.7 Å². The zero-order chi connectivity index (χ0) is 48.6. The molecule has 3 N–H and O–H groups in total. The lowest BCUT2D eigenvalue weighted by molar-refractivity contribution is 0.0978. The van der Waals surface area contributed by atoms with Crippen LogP contribution in [-0.2, 0) is 47.1 Å². The molecule has 0 aliphatic heterocycles. The Balaban J connectivity index is 1.72. The fraction of sp³-hybridized carbons (Fsp3) is 0.667. The third-order valence-corrected chi connectivity index (χ3v) is 30.9. The first-order chi connectivity index (χ1) is 30.7. The maximum atomic E-state index is 13.0. The Kier molecular flexibility index (Phi) is 22.4. The van der Waals surface area contributed by atoms with Gasteiger partial charge in [0, 0.05) is 104 Å². The molecular weight excluding hydrogens is 951 g/mol. The van der Waals surface area contributed by atoms with Gasteiger partial charge in [-0.15, -0.1) is 0 Å². The first kappa shape index (κ1) is 56.2. The van der Waals surface area contributed by atoms with Crippen LogP contribution in [0.1, 0.15) is 53.4 Å². The highest BCUT2D eigenvalue weighted by molar-refractivity contribution is 6.80. The van der Waals surface area contributed by atoms with Crippen molar-refractivity contribution >= 4 is 71.9 Å². The van der Waals surface area contributed by atoms with Crippen LogP contribution in [0.15, 0.2) is 18.2 Å². The molecule has 4 unspecified atom stereocenters. The van der Waals surface area contributed by atoms with Crippen LogP contribution < -0.4 is 16.0 Å². The summed E-state index contributed by atoms with van der Waals surface area (Å²) in [5, 5.41) is 21.4. The number of amides is 3. The molecule has 3 aromatic rings. The molecule has 0 radical (unpaired) electrons. The highest BCUT2D eigenvalue weighted by Crippen LogP contribution is 2.29. The maximum absolute atomic E-state index is 13.0. The van der Waals surface area contributed by atoms with Gasteiger partial charge in [0.25, 0.3) is 0 Å². The largest absolute Gasteiger partial charge is 0.493 e. The molecule has 0 bridgehead atoms. The number of hydrogen-bond acceptors (Lipinski definition) is 17. The third kappa shape index (κ3) is 16.6. The van der Waals surface area contributed by atoms with Gasteiger partial charge in [-0.2, -0.15) is 29.3 Å². The SMILES string of the molecule is CO[Si](C)(O[SiH](C)O[SiH](C)O[Si](CCCNC(=O)n1nc(C)cc1C)(OC)O[Si](CCCNC(=O)n1nc(C)cc1C)(OC)OC)O[Si](CCCNC(=O)n1nc(C)cc1C)(OC)OC. The van der Waals surface area contributed by atoms with Gasteiger partial charge >= 0.3 is 71.9 Å². The fourth-order valence-corrected chi connectivity index (χ4v) is 28.0. The molecule has 3 heterocycles. The Labute approximate surface area is 390 Å². The van der Waals surface area contributed by atoms with Gasteiger partial charge in [-0.05, 0) is 92.1 Å². The van der Waals surface area contributed by atoms with Crippen molar-refractivity contribution < 1.29 is 61.5 Å². The highest BCUT2D eigenvalue weighted by atomic mass is 28.5. The molecule has 3 aromatic heterocycles. The van der Waals surface area contributed by atoms with Gasteiger partial charge in [0.05, 0.1) is 17.1 Å². The number of hydrogen-bond donors (Lipinski definition) is 3. The predicted molar refractivity (Wildman–Crippen MR) is 252 cm³/mol. The minimum Gasteiger partial charge on any atom is -0.420 e. The molecule has 23 nitrogen and oxygen atoms in total. The van der Waals surface area contributed by atoms with Crippen molar-refractivity contribution in [1.29, 1.82) is 0 Å². The molecule has 0 saturated heterocycles. The van der Waals surface area contributed by atoms with Gasteiger partial charge in [0.2, 0.25) is 0 Å². The molecule has 3 rings (SSSR count). The van der Waals surface area contributed by atoms with E-state index in [0.717, 1.165) is 28.5 Å². The second-order valence-corrected chi connectivity index (χ2v) is 32.0. The lowest BCUT2D eigenvalue weighted by Crippen LogP contribution is -2.60. The average Bonchev–Trinajstić information content (AvgIpc) is 3.92. The van der Waals surface area contributed by atoms with E-state index < -0.39 is 53.8 Å². The number of nitrogens with one attached hydrogen (secondary N) is 3. The summed E-state index contributed by atoms with van der Waals surface area (Å²) >= 11 is 0. The second-order valence-electron chi connectivity index (χ2n) is 15.4. The molecular formula is C36H71N9O14Si6. The Hall–Kier alpha value is -3.10. The summed E-state index contributed by atoms with van der Waals surface area (Å²) in [6.07, 6.45) is 1.33. The Morgan fingerprint density at radius 2 is 0.846 bits per heavy atom. The fourth-order valence-electron chi connectivity index (χ4n) is 6.91. The molecule has 65 heavy (non-hydrogen) atoms. The van der Waals surface area contributed by atoms with Crippen molar-refractivity contribution in [2.75, 3.05) is 62.3 Å². The van der Waals surface area contributed by atoms with E-state index in [2.05, 4.69) is 31.2 Å². The van der Waals surface area contributed by atoms with E-state index in [1.807, 2.05) is 72.8 Å². The number of carbonyl (C=O) groups excluding carboxylic acids is 3. The van der Waals surface area contributed by atoms with Crippen molar-refractivity contribution in [2.24, 2.45) is 0 Å². The summed E-state index contributed by atoms with van der Waals surface area (Å²) in [7, 11) is -10.3. The van der Waals surface area contributed by atoms with Gasteiger partial charge in [-0.1, -0.05) is 0 Å². The van der Waals surface area contributed by atoms with Gasteiger partial charge in [0.15, 0.2) is 0 Å². The smallest absolute Gasteiger partial charge is 0.420 e. The number of aryl methyl sites for hydroxylation is 6. The Morgan fingerprint density at radius 1 is 0.523 bits per heavy atom. The lowest BCUT2D eigenvalue weighted by Gasteiger charge is -2.39. The maximum Gasteiger partial charge on any atom is 0.493 e. The third-order valence-electron chi connectivity index (χ3n) is 10.1. The van der Waals surface area contributed by atoms with Gasteiger partial charge < -0.3 is 63.1 Å². The van der Waals surface area contributed by atoms with Crippen LogP contribution in [0.25, 0.3) is 0 Å². The Bertz CT molecular complexity index is 1990. The topological polar surface area (TPSA) is 242 Å². The molecule has 3 amide bonds. The molecule has 0 aliphatic carbocycles. The minimum atomic E-state index is -3.72. The van der Waals surface area contributed by atoms with E-state index in [1.54, 1.807) is 6.55 Å². The van der Waals surface area contributed by atoms with Crippen molar-refractivity contribution in [3.8, 4) is 0 Å². The van der Waals surface area contributed by atoms with Crippen LogP contribution in [0.5, 0.6) is 0 Å². The van der Waals surface area contributed by atoms with Crippen molar-refractivity contribution in [2.45, 2.75) is 98.6 Å². The summed E-state index contributed by atoms with van der Waals surface area (Å²) < 4.78 is 72.9. The number of aromatic nitrogens is 6. The van der Waals surface area contributed by atoms with Gasteiger partial charge in [-0.3, -0.25) is 0 Å². The molecule has 29 heteroatoms. The molecule has 0 spiro atoms. The van der Waals surface area contributed by atoms with Crippen molar-refractivity contribution in [1.82, 2.24) is 45.3 Å². The zero-order valence-electron chi connectivity index (χ0n) is 40.6. The van der Waals surface area contributed by atoms with E-state index in [9.17, 15) is 14.4 Å². The van der Waals surface area contributed by atoms with Gasteiger partial charge in [-0.25, -0.2) is 14.4 Å². The monoisotopic (exact) mass is 1020 g/mol. The predicted octanol–water partition coefficient (Wildman–Crippen LogP) is 3.42. The van der Waals surface area contributed by atoms with Crippen LogP contribution >= 0.6 is 0 Å². The first-order valence-corrected chi connectivity index (χ1v) is 33.5. The van der Waals surface area contributed by atoms with E-state index in [0.29, 0.717) is 50.1 Å². The summed E-state index contributed by atoms with van der Waals surface area (Å²) in [5.41, 5.74) is 4.37. The molecule has 0 fully saturated rings. The van der Waals surface area contributed by atoms with Crippen LogP contribution in [0.4, 0.5) is 14.4 Å². The molecule has 0 saturated carbocycles. The molecule has 0 aliphatic rings. The molecule has 0 aromatic carbocycles. The second kappa shape index (κ2) is 25.9.